The summed E-state index contributed by atoms with van der Waals surface area (Å²) in [6, 6.07) is 23.0. The van der Waals surface area contributed by atoms with Gasteiger partial charge in [-0.2, -0.15) is 0 Å². The second-order valence-corrected chi connectivity index (χ2v) is 10.8. The van der Waals surface area contributed by atoms with Gasteiger partial charge in [0.2, 0.25) is 0 Å². The van der Waals surface area contributed by atoms with Gasteiger partial charge in [-0.05, 0) is 54.1 Å². The van der Waals surface area contributed by atoms with Crippen molar-refractivity contribution in [1.29, 1.82) is 0 Å². The molecular weight excluding hydrogens is 486 g/mol. The van der Waals surface area contributed by atoms with Crippen molar-refractivity contribution in [2.75, 3.05) is 44.1 Å². The largest absolute Gasteiger partial charge is 0.484 e. The van der Waals surface area contributed by atoms with Crippen molar-refractivity contribution in [3.8, 4) is 5.75 Å². The van der Waals surface area contributed by atoms with Gasteiger partial charge in [-0.15, -0.1) is 0 Å². The molecule has 0 aromatic heterocycles. The summed E-state index contributed by atoms with van der Waals surface area (Å²) in [5.74, 6) is 0.443. The van der Waals surface area contributed by atoms with E-state index in [2.05, 4.69) is 17.0 Å². The summed E-state index contributed by atoms with van der Waals surface area (Å²) in [6.07, 6.45) is 0. The molecule has 9 heteroatoms. The van der Waals surface area contributed by atoms with Crippen molar-refractivity contribution in [2.24, 2.45) is 0 Å². The number of halogens is 1. The molecule has 3 aromatic carbocycles. The Morgan fingerprint density at radius 1 is 0.914 bits per heavy atom. The van der Waals surface area contributed by atoms with E-state index in [0.717, 1.165) is 19.6 Å². The van der Waals surface area contributed by atoms with Crippen LogP contribution in [0.5, 0.6) is 5.75 Å². The fraction of sp³-hybridized carbons (Fsp3) is 0.269. The number of anilines is 1. The van der Waals surface area contributed by atoms with E-state index in [9.17, 15) is 13.2 Å². The molecule has 7 nitrogen and oxygen atoms in total. The average molecular weight is 514 g/mol. The van der Waals surface area contributed by atoms with Gasteiger partial charge in [0.15, 0.2) is 6.61 Å². The van der Waals surface area contributed by atoms with Gasteiger partial charge in [0.1, 0.15) is 5.75 Å². The monoisotopic (exact) mass is 513 g/mol. The van der Waals surface area contributed by atoms with Gasteiger partial charge in [0.25, 0.3) is 15.9 Å². The SMILES string of the molecule is CN(c1ccc(OCC(=O)N2CCN(Cc3ccccc3)CC2)cc1)S(=O)(=O)c1ccc(Cl)cc1. The lowest BCUT2D eigenvalue weighted by molar-refractivity contribution is -0.135. The van der Waals surface area contributed by atoms with Crippen LogP contribution in [0.4, 0.5) is 5.69 Å². The van der Waals surface area contributed by atoms with E-state index in [1.807, 2.05) is 23.1 Å². The smallest absolute Gasteiger partial charge is 0.264 e. The highest BCUT2D eigenvalue weighted by Gasteiger charge is 2.23. The van der Waals surface area contributed by atoms with Crippen LogP contribution in [0.2, 0.25) is 5.02 Å². The van der Waals surface area contributed by atoms with Crippen molar-refractivity contribution in [2.45, 2.75) is 11.4 Å². The van der Waals surface area contributed by atoms with Gasteiger partial charge in [-0.25, -0.2) is 8.42 Å². The minimum atomic E-state index is -3.72. The molecule has 4 rings (SSSR count). The van der Waals surface area contributed by atoms with Crippen LogP contribution in [0.1, 0.15) is 5.56 Å². The highest BCUT2D eigenvalue weighted by Crippen LogP contribution is 2.25. The minimum absolute atomic E-state index is 0.0586. The molecule has 0 N–H and O–H groups in total. The second-order valence-electron chi connectivity index (χ2n) is 8.35. The average Bonchev–Trinajstić information content (AvgIpc) is 2.88. The van der Waals surface area contributed by atoms with Crippen LogP contribution in [0.25, 0.3) is 0 Å². The number of hydrogen-bond acceptors (Lipinski definition) is 5. The van der Waals surface area contributed by atoms with Gasteiger partial charge in [-0.1, -0.05) is 41.9 Å². The van der Waals surface area contributed by atoms with Crippen LogP contribution in [0.15, 0.2) is 83.8 Å². The van der Waals surface area contributed by atoms with E-state index in [-0.39, 0.29) is 17.4 Å². The molecule has 1 fully saturated rings. The summed E-state index contributed by atoms with van der Waals surface area (Å²) >= 11 is 5.86. The molecule has 0 saturated carbocycles. The molecule has 1 heterocycles. The van der Waals surface area contributed by atoms with Gasteiger partial charge in [0.05, 0.1) is 10.6 Å². The van der Waals surface area contributed by atoms with Crippen molar-refractivity contribution in [3.05, 3.63) is 89.4 Å². The first-order chi connectivity index (χ1) is 16.8. The molecule has 1 aliphatic heterocycles. The number of amides is 1. The Hall–Kier alpha value is -3.07. The number of carbonyl (C=O) groups is 1. The summed E-state index contributed by atoms with van der Waals surface area (Å²) in [4.78, 5) is 16.9. The Morgan fingerprint density at radius 2 is 1.54 bits per heavy atom. The van der Waals surface area contributed by atoms with Gasteiger partial charge < -0.3 is 9.64 Å². The van der Waals surface area contributed by atoms with Gasteiger partial charge in [-0.3, -0.25) is 14.0 Å². The maximum atomic E-state index is 12.8. The van der Waals surface area contributed by atoms with E-state index < -0.39 is 10.0 Å². The van der Waals surface area contributed by atoms with E-state index in [0.29, 0.717) is 29.5 Å². The quantitative estimate of drug-likeness (QED) is 0.457. The molecule has 0 bridgehead atoms. The number of ether oxygens (including phenoxy) is 1. The number of hydrogen-bond donors (Lipinski definition) is 0. The molecule has 0 radical (unpaired) electrons. The van der Waals surface area contributed by atoms with Crippen molar-refractivity contribution >= 4 is 33.2 Å². The molecule has 1 amide bonds. The maximum Gasteiger partial charge on any atom is 0.264 e. The number of carbonyl (C=O) groups excluding carboxylic acids is 1. The first kappa shape index (κ1) is 25.0. The molecule has 0 atom stereocenters. The van der Waals surface area contributed by atoms with Crippen molar-refractivity contribution in [3.63, 3.8) is 0 Å². The highest BCUT2D eigenvalue weighted by molar-refractivity contribution is 7.92. The predicted octanol–water partition coefficient (Wildman–Crippen LogP) is 3.89. The Labute approximate surface area is 211 Å². The molecule has 184 valence electrons. The summed E-state index contributed by atoms with van der Waals surface area (Å²) in [5, 5.41) is 0.469. The van der Waals surface area contributed by atoms with E-state index in [4.69, 9.17) is 16.3 Å². The Balaban J connectivity index is 1.27. The van der Waals surface area contributed by atoms with Crippen molar-refractivity contribution < 1.29 is 17.9 Å². The fourth-order valence-electron chi connectivity index (χ4n) is 3.89. The Morgan fingerprint density at radius 3 is 2.17 bits per heavy atom. The van der Waals surface area contributed by atoms with E-state index in [1.165, 1.54) is 29.0 Å². The summed E-state index contributed by atoms with van der Waals surface area (Å²) in [7, 11) is -2.23. The molecule has 1 saturated heterocycles. The van der Waals surface area contributed by atoms with Crippen LogP contribution in [0.3, 0.4) is 0 Å². The zero-order valence-corrected chi connectivity index (χ0v) is 21.1. The van der Waals surface area contributed by atoms with Gasteiger partial charge in [0, 0.05) is 44.8 Å². The molecular formula is C26H28ClN3O4S. The third-order valence-electron chi connectivity index (χ3n) is 6.01. The van der Waals surface area contributed by atoms with Crippen molar-refractivity contribution in [1.82, 2.24) is 9.80 Å². The zero-order chi connectivity index (χ0) is 24.8. The third kappa shape index (κ3) is 6.33. The first-order valence-electron chi connectivity index (χ1n) is 11.3. The molecule has 0 spiro atoms. The molecule has 35 heavy (non-hydrogen) atoms. The number of rotatable bonds is 8. The van der Waals surface area contributed by atoms with Crippen LogP contribution in [-0.4, -0.2) is 64.0 Å². The zero-order valence-electron chi connectivity index (χ0n) is 19.5. The van der Waals surface area contributed by atoms with Crippen LogP contribution < -0.4 is 9.04 Å². The molecule has 0 aliphatic carbocycles. The molecule has 3 aromatic rings. The molecule has 0 unspecified atom stereocenters. The maximum absolute atomic E-state index is 12.8. The number of sulfonamides is 1. The minimum Gasteiger partial charge on any atom is -0.484 e. The Bertz CT molecular complexity index is 1230. The second kappa shape index (κ2) is 11.1. The topological polar surface area (TPSA) is 70.2 Å². The number of benzene rings is 3. The lowest BCUT2D eigenvalue weighted by atomic mass is 10.2. The predicted molar refractivity (Wildman–Crippen MR) is 137 cm³/mol. The van der Waals surface area contributed by atoms with Gasteiger partial charge >= 0.3 is 0 Å². The summed E-state index contributed by atoms with van der Waals surface area (Å²) < 4.78 is 32.6. The lowest BCUT2D eigenvalue weighted by Crippen LogP contribution is -2.49. The van der Waals surface area contributed by atoms with Crippen LogP contribution in [-0.2, 0) is 21.4 Å². The summed E-state index contributed by atoms with van der Waals surface area (Å²) in [5.41, 5.74) is 1.75. The normalized spacial score (nSPS) is 14.5. The van der Waals surface area contributed by atoms with Crippen LogP contribution >= 0.6 is 11.6 Å². The van der Waals surface area contributed by atoms with E-state index >= 15 is 0 Å². The van der Waals surface area contributed by atoms with E-state index in [1.54, 1.807) is 36.4 Å². The standard InChI is InChI=1S/C26H28ClN3O4S/c1-28(35(32,33)25-13-7-22(27)8-14-25)23-9-11-24(12-10-23)34-20-26(31)30-17-15-29(16-18-30)19-21-5-3-2-4-6-21/h2-14H,15-20H2,1H3. The highest BCUT2D eigenvalue weighted by atomic mass is 35.5. The molecule has 1 aliphatic rings. The van der Waals surface area contributed by atoms with Crippen LogP contribution in [0, 0.1) is 0 Å². The first-order valence-corrected chi connectivity index (χ1v) is 13.2. The summed E-state index contributed by atoms with van der Waals surface area (Å²) in [6.45, 7) is 3.81. The lowest BCUT2D eigenvalue weighted by Gasteiger charge is -2.34. The number of nitrogens with zero attached hydrogens (tertiary/aromatic N) is 3. The third-order valence-corrected chi connectivity index (χ3v) is 8.06. The fourth-order valence-corrected chi connectivity index (χ4v) is 5.21. The number of piperazine rings is 1. The Kier molecular flexibility index (Phi) is 7.95.